The molecule has 1 heterocycles. The van der Waals surface area contributed by atoms with Crippen LogP contribution in [0.15, 0.2) is 53.4 Å². The average molecular weight is 519 g/mol. The molecule has 1 N–H and O–H groups in total. The van der Waals surface area contributed by atoms with Crippen molar-refractivity contribution in [3.05, 3.63) is 59.7 Å². The molecule has 3 aliphatic rings. The number of halogens is 3. The zero-order valence-corrected chi connectivity index (χ0v) is 20.1. The Bertz CT molecular complexity index is 1180. The molecule has 36 heavy (non-hydrogen) atoms. The summed E-state index contributed by atoms with van der Waals surface area (Å²) < 4.78 is 38.1. The van der Waals surface area contributed by atoms with Crippen LogP contribution in [-0.4, -0.2) is 45.4 Å². The monoisotopic (exact) mass is 518 g/mol. The lowest BCUT2D eigenvalue weighted by Gasteiger charge is -2.55. The molecule has 0 bridgehead atoms. The van der Waals surface area contributed by atoms with Crippen molar-refractivity contribution in [2.75, 3.05) is 4.90 Å². The molecule has 5 rings (SSSR count). The first kappa shape index (κ1) is 24.7. The Morgan fingerprint density at radius 1 is 0.972 bits per heavy atom. The number of benzene rings is 2. The summed E-state index contributed by atoms with van der Waals surface area (Å²) >= 11 is -0.221. The number of alkyl halides is 3. The van der Waals surface area contributed by atoms with Crippen molar-refractivity contribution in [3.8, 4) is 0 Å². The Kier molecular flexibility index (Phi) is 6.48. The van der Waals surface area contributed by atoms with Crippen molar-refractivity contribution in [1.82, 2.24) is 4.90 Å². The summed E-state index contributed by atoms with van der Waals surface area (Å²) in [5.74, 6) is -1.46. The average Bonchev–Trinajstić information content (AvgIpc) is 3.63. The van der Waals surface area contributed by atoms with Gasteiger partial charge >= 0.3 is 11.5 Å². The summed E-state index contributed by atoms with van der Waals surface area (Å²) in [5.41, 5.74) is -2.55. The Morgan fingerprint density at radius 3 is 2.25 bits per heavy atom. The predicted molar refractivity (Wildman–Crippen MR) is 128 cm³/mol. The SMILES string of the molecule is O=C(O)CCC(=O)N(C1CC1)C1c2ccccc2N(C(=O)c2ccc(SC(F)(F)F)cc2)[C@H]2CC[C@@H]12. The minimum absolute atomic E-state index is 0.0123. The minimum Gasteiger partial charge on any atom is -0.481 e. The maximum absolute atomic E-state index is 13.6. The van der Waals surface area contributed by atoms with E-state index in [2.05, 4.69) is 0 Å². The van der Waals surface area contributed by atoms with E-state index in [4.69, 9.17) is 5.11 Å². The summed E-state index contributed by atoms with van der Waals surface area (Å²) in [6.07, 6.45) is 3.04. The van der Waals surface area contributed by atoms with Gasteiger partial charge in [-0.2, -0.15) is 13.2 Å². The van der Waals surface area contributed by atoms with E-state index >= 15 is 0 Å². The third kappa shape index (κ3) is 4.83. The van der Waals surface area contributed by atoms with E-state index in [0.29, 0.717) is 11.3 Å². The molecule has 10 heteroatoms. The predicted octanol–water partition coefficient (Wildman–Crippen LogP) is 5.63. The van der Waals surface area contributed by atoms with Crippen molar-refractivity contribution in [2.45, 2.75) is 67.1 Å². The van der Waals surface area contributed by atoms with Crippen molar-refractivity contribution < 1.29 is 32.7 Å². The van der Waals surface area contributed by atoms with Crippen LogP contribution in [0.1, 0.15) is 60.5 Å². The van der Waals surface area contributed by atoms with Gasteiger partial charge in [-0.25, -0.2) is 0 Å². The number of carboxylic acids is 1. The largest absolute Gasteiger partial charge is 0.481 e. The minimum atomic E-state index is -4.40. The smallest absolute Gasteiger partial charge is 0.446 e. The fourth-order valence-corrected chi connectivity index (χ4v) is 5.94. The van der Waals surface area contributed by atoms with Gasteiger partial charge in [0.05, 0.1) is 12.5 Å². The van der Waals surface area contributed by atoms with Crippen LogP contribution in [0, 0.1) is 5.92 Å². The molecule has 0 aromatic heterocycles. The van der Waals surface area contributed by atoms with E-state index in [9.17, 15) is 27.6 Å². The number of hydrogen-bond donors (Lipinski definition) is 1. The lowest BCUT2D eigenvalue weighted by Crippen LogP contribution is -2.59. The molecule has 2 fully saturated rings. The highest BCUT2D eigenvalue weighted by Crippen LogP contribution is 2.54. The van der Waals surface area contributed by atoms with Crippen LogP contribution in [0.25, 0.3) is 0 Å². The first-order valence-electron chi connectivity index (χ1n) is 12.0. The van der Waals surface area contributed by atoms with Gasteiger partial charge in [0.25, 0.3) is 5.91 Å². The maximum atomic E-state index is 13.6. The van der Waals surface area contributed by atoms with Crippen molar-refractivity contribution in [3.63, 3.8) is 0 Å². The Morgan fingerprint density at radius 2 is 1.67 bits per heavy atom. The van der Waals surface area contributed by atoms with Crippen LogP contribution in [0.5, 0.6) is 0 Å². The number of para-hydroxylation sites is 1. The number of nitrogens with zero attached hydrogens (tertiary/aromatic N) is 2. The molecule has 2 aromatic rings. The van der Waals surface area contributed by atoms with Crippen molar-refractivity contribution >= 4 is 35.2 Å². The second kappa shape index (κ2) is 9.46. The molecule has 0 radical (unpaired) electrons. The van der Waals surface area contributed by atoms with E-state index in [1.165, 1.54) is 24.3 Å². The first-order valence-corrected chi connectivity index (χ1v) is 12.8. The third-order valence-electron chi connectivity index (χ3n) is 7.18. The third-order valence-corrected chi connectivity index (χ3v) is 7.92. The molecule has 0 saturated heterocycles. The van der Waals surface area contributed by atoms with Gasteiger partial charge in [0.1, 0.15) is 0 Å². The summed E-state index contributed by atoms with van der Waals surface area (Å²) in [6.45, 7) is 0. The Labute approximate surface area is 210 Å². The topological polar surface area (TPSA) is 77.9 Å². The van der Waals surface area contributed by atoms with Crippen molar-refractivity contribution in [2.24, 2.45) is 5.92 Å². The van der Waals surface area contributed by atoms with Gasteiger partial charge in [0, 0.05) is 40.6 Å². The highest BCUT2D eigenvalue weighted by Gasteiger charge is 2.53. The van der Waals surface area contributed by atoms with E-state index in [-0.39, 0.29) is 65.4 Å². The van der Waals surface area contributed by atoms with Crippen LogP contribution < -0.4 is 4.90 Å². The van der Waals surface area contributed by atoms with E-state index in [0.717, 1.165) is 31.2 Å². The van der Waals surface area contributed by atoms with Gasteiger partial charge in [-0.05, 0) is 73.3 Å². The number of carbonyl (C=O) groups excluding carboxylic acids is 2. The quantitative estimate of drug-likeness (QED) is 0.481. The van der Waals surface area contributed by atoms with Gasteiger partial charge in [-0.1, -0.05) is 18.2 Å². The lowest BCUT2D eigenvalue weighted by molar-refractivity contribution is -0.143. The molecular weight excluding hydrogens is 493 g/mol. The molecule has 2 aromatic carbocycles. The second-order valence-electron chi connectivity index (χ2n) is 9.49. The highest BCUT2D eigenvalue weighted by atomic mass is 32.2. The molecule has 2 amide bonds. The summed E-state index contributed by atoms with van der Waals surface area (Å²) in [7, 11) is 0. The summed E-state index contributed by atoms with van der Waals surface area (Å²) in [6, 6.07) is 12.6. The van der Waals surface area contributed by atoms with Crippen LogP contribution in [0.2, 0.25) is 0 Å². The highest BCUT2D eigenvalue weighted by molar-refractivity contribution is 8.00. The number of carboxylic acid groups (broad SMARTS) is 1. The van der Waals surface area contributed by atoms with Crippen LogP contribution in [-0.2, 0) is 9.59 Å². The zero-order valence-electron chi connectivity index (χ0n) is 19.3. The standard InChI is InChI=1S/C26H25F3N2O4S/c27-26(28,29)36-17-9-5-15(6-10-17)25(35)31-20-4-2-1-3-18(20)24(19-11-12-21(19)31)30(16-7-8-16)22(32)13-14-23(33)34/h1-6,9-10,16,19,21,24H,7-8,11-14H2,(H,33,34)/t19-,21+,24?/m1/s1. The van der Waals surface area contributed by atoms with E-state index in [1.54, 1.807) is 4.90 Å². The van der Waals surface area contributed by atoms with Gasteiger partial charge in [0.2, 0.25) is 5.91 Å². The molecule has 6 nitrogen and oxygen atoms in total. The van der Waals surface area contributed by atoms with Crippen LogP contribution in [0.4, 0.5) is 18.9 Å². The molecule has 1 unspecified atom stereocenters. The normalized spacial score (nSPS) is 22.8. The van der Waals surface area contributed by atoms with E-state index in [1.807, 2.05) is 29.2 Å². The second-order valence-corrected chi connectivity index (χ2v) is 10.6. The van der Waals surface area contributed by atoms with Gasteiger partial charge in [-0.3, -0.25) is 14.4 Å². The fraction of sp³-hybridized carbons (Fsp3) is 0.423. The molecule has 190 valence electrons. The number of thioether (sulfide) groups is 1. The molecule has 2 saturated carbocycles. The number of carbonyl (C=O) groups is 3. The molecule has 2 aliphatic carbocycles. The molecule has 3 atom stereocenters. The number of amides is 2. The van der Waals surface area contributed by atoms with Crippen molar-refractivity contribution in [1.29, 1.82) is 0 Å². The molecule has 1 aliphatic heterocycles. The Hall–Kier alpha value is -3.01. The lowest BCUT2D eigenvalue weighted by atomic mass is 9.67. The summed E-state index contributed by atoms with van der Waals surface area (Å²) in [4.78, 5) is 41.5. The number of anilines is 1. The van der Waals surface area contributed by atoms with Crippen LogP contribution in [0.3, 0.4) is 0 Å². The Balaban J connectivity index is 1.46. The molecule has 0 spiro atoms. The number of fused-ring (bicyclic) bond motifs is 2. The number of rotatable bonds is 7. The first-order chi connectivity index (χ1) is 17.1. The fourth-order valence-electron chi connectivity index (χ4n) is 5.40. The van der Waals surface area contributed by atoms with Gasteiger partial charge in [-0.15, -0.1) is 0 Å². The summed E-state index contributed by atoms with van der Waals surface area (Å²) in [5, 5.41) is 9.08. The van der Waals surface area contributed by atoms with Gasteiger partial charge in [0.15, 0.2) is 0 Å². The zero-order chi connectivity index (χ0) is 25.6. The van der Waals surface area contributed by atoms with Gasteiger partial charge < -0.3 is 14.9 Å². The number of aliphatic carboxylic acids is 1. The van der Waals surface area contributed by atoms with E-state index < -0.39 is 11.5 Å². The maximum Gasteiger partial charge on any atom is 0.446 e. The molecular formula is C26H25F3N2O4S. The van der Waals surface area contributed by atoms with Crippen LogP contribution >= 0.6 is 11.8 Å². The number of hydrogen-bond acceptors (Lipinski definition) is 4.